The molecule has 1 aromatic heterocycles. The smallest absolute Gasteiger partial charge is 0.349 e. The lowest BCUT2D eigenvalue weighted by Gasteiger charge is -2.32. The van der Waals surface area contributed by atoms with E-state index in [4.69, 9.17) is 0 Å². The van der Waals surface area contributed by atoms with Gasteiger partial charge in [0.05, 0.1) is 11.1 Å². The number of rotatable bonds is 5. The molecule has 164 valence electrons. The van der Waals surface area contributed by atoms with Crippen molar-refractivity contribution in [1.29, 1.82) is 0 Å². The van der Waals surface area contributed by atoms with E-state index >= 15 is 0 Å². The first-order chi connectivity index (χ1) is 14.1. The van der Waals surface area contributed by atoms with E-state index in [0.29, 0.717) is 23.7 Å². The van der Waals surface area contributed by atoms with E-state index in [-0.39, 0.29) is 11.9 Å². The molecule has 0 aliphatic carbocycles. The van der Waals surface area contributed by atoms with Crippen LogP contribution in [-0.2, 0) is 12.7 Å². The third-order valence-electron chi connectivity index (χ3n) is 5.83. The fourth-order valence-electron chi connectivity index (χ4n) is 4.40. The average Bonchev–Trinajstić information content (AvgIpc) is 2.97. The first-order valence-corrected chi connectivity index (χ1v) is 10.4. The zero-order valence-corrected chi connectivity index (χ0v) is 18.0. The number of likely N-dealkylation sites (tertiary alicyclic amines) is 1. The van der Waals surface area contributed by atoms with E-state index in [0.717, 1.165) is 43.4 Å². The van der Waals surface area contributed by atoms with Gasteiger partial charge in [0.1, 0.15) is 0 Å². The molecule has 1 amide bonds. The fourth-order valence-corrected chi connectivity index (χ4v) is 4.40. The van der Waals surface area contributed by atoms with Gasteiger partial charge in [-0.1, -0.05) is 18.2 Å². The summed E-state index contributed by atoms with van der Waals surface area (Å²) in [6, 6.07) is 7.82. The summed E-state index contributed by atoms with van der Waals surface area (Å²) in [6.07, 6.45) is -2.75. The number of piperidine rings is 1. The van der Waals surface area contributed by atoms with Crippen LogP contribution >= 0.6 is 0 Å². The minimum absolute atomic E-state index is 0.0497. The van der Waals surface area contributed by atoms with Gasteiger partial charge < -0.3 is 9.88 Å². The van der Waals surface area contributed by atoms with Crippen molar-refractivity contribution in [2.24, 2.45) is 0 Å². The maximum atomic E-state index is 12.9. The first-order valence-electron chi connectivity index (χ1n) is 10.4. The van der Waals surface area contributed by atoms with Crippen molar-refractivity contribution in [2.45, 2.75) is 65.3 Å². The van der Waals surface area contributed by atoms with Crippen molar-refractivity contribution in [1.82, 2.24) is 14.8 Å². The molecule has 1 aliphatic rings. The van der Waals surface area contributed by atoms with Crippen molar-refractivity contribution >= 4 is 5.91 Å². The Morgan fingerprint density at radius 1 is 1.17 bits per heavy atom. The molecule has 4 nitrogen and oxygen atoms in total. The van der Waals surface area contributed by atoms with E-state index in [1.165, 1.54) is 12.1 Å². The summed E-state index contributed by atoms with van der Waals surface area (Å²) in [7, 11) is 0. The fraction of sp³-hybridized carbons (Fsp3) is 0.522. The number of halogens is 3. The second-order valence-corrected chi connectivity index (χ2v) is 8.47. The molecule has 1 saturated heterocycles. The van der Waals surface area contributed by atoms with Crippen molar-refractivity contribution in [2.75, 3.05) is 13.1 Å². The highest BCUT2D eigenvalue weighted by molar-refractivity contribution is 5.95. The van der Waals surface area contributed by atoms with E-state index in [1.54, 1.807) is 6.07 Å². The van der Waals surface area contributed by atoms with Crippen LogP contribution in [0.3, 0.4) is 0 Å². The molecule has 2 heterocycles. The van der Waals surface area contributed by atoms with Gasteiger partial charge in [0.15, 0.2) is 0 Å². The Bertz CT molecular complexity index is 894. The molecule has 1 N–H and O–H groups in total. The normalized spacial score (nSPS) is 16.3. The molecule has 1 aromatic carbocycles. The number of hydrogen-bond donors (Lipinski definition) is 1. The Balaban J connectivity index is 1.55. The zero-order chi connectivity index (χ0) is 22.1. The third kappa shape index (κ3) is 5.06. The Labute approximate surface area is 176 Å². The van der Waals surface area contributed by atoms with Gasteiger partial charge in [-0.15, -0.1) is 0 Å². The Kier molecular flexibility index (Phi) is 6.60. The number of nitrogens with zero attached hydrogens (tertiary/aromatic N) is 2. The zero-order valence-electron chi connectivity index (χ0n) is 18.0. The van der Waals surface area contributed by atoms with E-state index in [2.05, 4.69) is 28.6 Å². The molecule has 30 heavy (non-hydrogen) atoms. The highest BCUT2D eigenvalue weighted by Crippen LogP contribution is 2.30. The number of benzene rings is 1. The molecule has 7 heteroatoms. The van der Waals surface area contributed by atoms with Gasteiger partial charge in [0.2, 0.25) is 0 Å². The average molecular weight is 422 g/mol. The molecule has 1 fully saturated rings. The minimum atomic E-state index is -4.32. The van der Waals surface area contributed by atoms with Gasteiger partial charge in [0, 0.05) is 43.1 Å². The lowest BCUT2D eigenvalue weighted by atomic mass is 10.0. The number of alkyl halides is 3. The Morgan fingerprint density at radius 2 is 1.83 bits per heavy atom. The molecular weight excluding hydrogens is 391 g/mol. The summed E-state index contributed by atoms with van der Waals surface area (Å²) in [5.74, 6) is -0.0497. The number of carbonyl (C=O) groups excluding carboxylic acids is 1. The third-order valence-corrected chi connectivity index (χ3v) is 5.83. The Morgan fingerprint density at radius 3 is 2.40 bits per heavy atom. The van der Waals surface area contributed by atoms with Crippen LogP contribution in [0.15, 0.2) is 30.3 Å². The second-order valence-electron chi connectivity index (χ2n) is 8.47. The maximum absolute atomic E-state index is 12.9. The number of nitrogens with one attached hydrogen (secondary N) is 1. The van der Waals surface area contributed by atoms with Crippen molar-refractivity contribution in [3.63, 3.8) is 0 Å². The minimum Gasteiger partial charge on any atom is -0.349 e. The lowest BCUT2D eigenvalue weighted by molar-refractivity contribution is -0.137. The molecule has 3 rings (SSSR count). The van der Waals surface area contributed by atoms with E-state index in [9.17, 15) is 18.0 Å². The molecule has 2 aromatic rings. The molecule has 1 aliphatic heterocycles. The number of carbonyl (C=O) groups is 1. The van der Waals surface area contributed by atoms with Crippen LogP contribution in [-0.4, -0.2) is 34.5 Å². The van der Waals surface area contributed by atoms with Crippen molar-refractivity contribution in [3.8, 4) is 0 Å². The van der Waals surface area contributed by atoms with Gasteiger partial charge in [-0.05, 0) is 58.2 Å². The molecular formula is C23H30F3N3O. The Hall–Kier alpha value is -2.28. The van der Waals surface area contributed by atoms with Gasteiger partial charge in [-0.25, -0.2) is 0 Å². The van der Waals surface area contributed by atoms with Crippen LogP contribution in [0.5, 0.6) is 0 Å². The summed E-state index contributed by atoms with van der Waals surface area (Å²) in [6.45, 7) is 10.2. The van der Waals surface area contributed by atoms with Gasteiger partial charge in [0.25, 0.3) is 5.91 Å². The van der Waals surface area contributed by atoms with Crippen LogP contribution in [0.25, 0.3) is 0 Å². The summed E-state index contributed by atoms with van der Waals surface area (Å²) < 4.78 is 40.9. The van der Waals surface area contributed by atoms with Crippen LogP contribution in [0.1, 0.15) is 65.6 Å². The highest BCUT2D eigenvalue weighted by Gasteiger charge is 2.30. The molecule has 0 unspecified atom stereocenters. The monoisotopic (exact) mass is 421 g/mol. The number of hydrogen-bond acceptors (Lipinski definition) is 2. The van der Waals surface area contributed by atoms with E-state index < -0.39 is 11.7 Å². The first kappa shape index (κ1) is 22.4. The summed E-state index contributed by atoms with van der Waals surface area (Å²) >= 11 is 0. The maximum Gasteiger partial charge on any atom is 0.416 e. The number of aryl methyl sites for hydroxylation is 1. The summed E-state index contributed by atoms with van der Waals surface area (Å²) in [5.41, 5.74) is 2.81. The van der Waals surface area contributed by atoms with Crippen LogP contribution in [0.2, 0.25) is 0 Å². The van der Waals surface area contributed by atoms with Gasteiger partial charge >= 0.3 is 6.18 Å². The van der Waals surface area contributed by atoms with Gasteiger partial charge in [-0.2, -0.15) is 13.2 Å². The SMILES string of the molecule is Cc1cc(C(=O)NC2CCN(Cc3cccc(C(F)(F)F)c3)CC2)c(C)n1C(C)C. The van der Waals surface area contributed by atoms with E-state index in [1.807, 2.05) is 19.9 Å². The largest absolute Gasteiger partial charge is 0.416 e. The van der Waals surface area contributed by atoms with Crippen LogP contribution in [0.4, 0.5) is 13.2 Å². The standard InChI is InChI=1S/C23H30F3N3O/c1-15(2)29-16(3)12-21(17(29)4)22(30)27-20-8-10-28(11-9-20)14-18-6-5-7-19(13-18)23(24,25)26/h5-7,12-13,15,20H,8-11,14H2,1-4H3,(H,27,30). The topological polar surface area (TPSA) is 37.3 Å². The van der Waals surface area contributed by atoms with Crippen LogP contribution in [0, 0.1) is 13.8 Å². The number of amides is 1. The summed E-state index contributed by atoms with van der Waals surface area (Å²) in [4.78, 5) is 14.9. The molecule has 0 saturated carbocycles. The predicted octanol–water partition coefficient (Wildman–Crippen LogP) is 5.10. The van der Waals surface area contributed by atoms with Crippen LogP contribution < -0.4 is 5.32 Å². The number of aromatic nitrogens is 1. The lowest BCUT2D eigenvalue weighted by Crippen LogP contribution is -2.44. The van der Waals surface area contributed by atoms with Gasteiger partial charge in [-0.3, -0.25) is 9.69 Å². The summed E-state index contributed by atoms with van der Waals surface area (Å²) in [5, 5.41) is 3.14. The second kappa shape index (κ2) is 8.84. The quantitative estimate of drug-likeness (QED) is 0.729. The highest BCUT2D eigenvalue weighted by atomic mass is 19.4. The van der Waals surface area contributed by atoms with Crippen molar-refractivity contribution < 1.29 is 18.0 Å². The van der Waals surface area contributed by atoms with Crippen molar-refractivity contribution in [3.05, 3.63) is 58.4 Å². The molecule has 0 spiro atoms. The molecule has 0 bridgehead atoms. The molecule has 0 atom stereocenters. The molecule has 0 radical (unpaired) electrons. The predicted molar refractivity (Wildman–Crippen MR) is 112 cm³/mol.